The number of likely N-dealkylation sites (tertiary alicyclic amines) is 1. The zero-order chi connectivity index (χ0) is 19.9. The number of hydrogen-bond acceptors (Lipinski definition) is 3. The average Bonchev–Trinajstić information content (AvgIpc) is 3.17. The maximum Gasteiger partial charge on any atom is 0.416 e. The highest BCUT2D eigenvalue weighted by Crippen LogP contribution is 2.35. The van der Waals surface area contributed by atoms with Gasteiger partial charge in [0.25, 0.3) is 5.91 Å². The van der Waals surface area contributed by atoms with Crippen LogP contribution in [-0.2, 0) is 6.18 Å². The molecule has 0 spiro atoms. The lowest BCUT2D eigenvalue weighted by Crippen LogP contribution is -2.31. The molecule has 0 aliphatic carbocycles. The van der Waals surface area contributed by atoms with Crippen molar-refractivity contribution in [3.63, 3.8) is 0 Å². The number of rotatable bonds is 2. The van der Waals surface area contributed by atoms with Crippen LogP contribution in [-0.4, -0.2) is 27.3 Å². The van der Waals surface area contributed by atoms with Gasteiger partial charge < -0.3 is 4.90 Å². The van der Waals surface area contributed by atoms with Crippen LogP contribution in [0.25, 0.3) is 10.9 Å². The van der Waals surface area contributed by atoms with E-state index >= 15 is 0 Å². The highest BCUT2D eigenvalue weighted by molar-refractivity contribution is 9.10. The minimum absolute atomic E-state index is 0.229. The van der Waals surface area contributed by atoms with Crippen molar-refractivity contribution in [2.45, 2.75) is 25.1 Å². The SMILES string of the molecule is O=C(c1ccc2cncc(Br)c2n1)N1CCC[C@H]1c1ccc(C(F)(F)F)cc1. The summed E-state index contributed by atoms with van der Waals surface area (Å²) in [5.74, 6) is -0.229. The molecule has 1 aliphatic rings. The first-order valence-corrected chi connectivity index (χ1v) is 9.52. The van der Waals surface area contributed by atoms with Crippen LogP contribution in [0.2, 0.25) is 0 Å². The molecule has 3 aromatic rings. The molecule has 1 amide bonds. The van der Waals surface area contributed by atoms with E-state index in [0.29, 0.717) is 34.2 Å². The summed E-state index contributed by atoms with van der Waals surface area (Å²) in [5, 5.41) is 0.812. The first-order chi connectivity index (χ1) is 13.3. The maximum absolute atomic E-state index is 13.1. The lowest BCUT2D eigenvalue weighted by Gasteiger charge is -2.25. The van der Waals surface area contributed by atoms with Gasteiger partial charge in [0.2, 0.25) is 0 Å². The summed E-state index contributed by atoms with van der Waals surface area (Å²) in [7, 11) is 0. The Morgan fingerprint density at radius 3 is 2.57 bits per heavy atom. The lowest BCUT2D eigenvalue weighted by molar-refractivity contribution is -0.137. The lowest BCUT2D eigenvalue weighted by atomic mass is 10.0. The number of amides is 1. The predicted molar refractivity (Wildman–Crippen MR) is 102 cm³/mol. The van der Waals surface area contributed by atoms with Crippen LogP contribution in [0.1, 0.15) is 40.5 Å². The van der Waals surface area contributed by atoms with Gasteiger partial charge in [-0.15, -0.1) is 0 Å². The number of pyridine rings is 2. The Morgan fingerprint density at radius 1 is 1.11 bits per heavy atom. The van der Waals surface area contributed by atoms with E-state index in [2.05, 4.69) is 25.9 Å². The van der Waals surface area contributed by atoms with Crippen LogP contribution >= 0.6 is 15.9 Å². The average molecular weight is 450 g/mol. The van der Waals surface area contributed by atoms with Crippen LogP contribution in [0, 0.1) is 0 Å². The molecule has 8 heteroatoms. The fourth-order valence-electron chi connectivity index (χ4n) is 3.53. The third-order valence-corrected chi connectivity index (χ3v) is 5.49. The van der Waals surface area contributed by atoms with Crippen molar-refractivity contribution >= 4 is 32.7 Å². The van der Waals surface area contributed by atoms with Crippen molar-refractivity contribution < 1.29 is 18.0 Å². The van der Waals surface area contributed by atoms with Crippen molar-refractivity contribution in [1.29, 1.82) is 0 Å². The van der Waals surface area contributed by atoms with Gasteiger partial charge in [-0.25, -0.2) is 4.98 Å². The van der Waals surface area contributed by atoms with Crippen LogP contribution in [0.5, 0.6) is 0 Å². The minimum Gasteiger partial charge on any atom is -0.330 e. The number of aromatic nitrogens is 2. The van der Waals surface area contributed by atoms with Crippen LogP contribution < -0.4 is 0 Å². The Bertz CT molecular complexity index is 1040. The number of hydrogen-bond donors (Lipinski definition) is 0. The summed E-state index contributed by atoms with van der Waals surface area (Å²) < 4.78 is 39.1. The number of fused-ring (bicyclic) bond motifs is 1. The fourth-order valence-corrected chi connectivity index (χ4v) is 3.96. The number of halogens is 4. The molecule has 0 bridgehead atoms. The molecule has 3 heterocycles. The van der Waals surface area contributed by atoms with E-state index in [1.807, 2.05) is 0 Å². The summed E-state index contributed by atoms with van der Waals surface area (Å²) in [5.41, 5.74) is 0.955. The molecule has 0 unspecified atom stereocenters. The molecule has 0 saturated carbocycles. The van der Waals surface area contributed by atoms with E-state index in [-0.39, 0.29) is 11.9 Å². The number of nitrogens with zero attached hydrogens (tertiary/aromatic N) is 3. The van der Waals surface area contributed by atoms with Gasteiger partial charge in [-0.3, -0.25) is 9.78 Å². The van der Waals surface area contributed by atoms with Gasteiger partial charge in [0.05, 0.1) is 21.6 Å². The normalized spacial score (nSPS) is 17.3. The molecule has 0 N–H and O–H groups in total. The van der Waals surface area contributed by atoms with E-state index in [4.69, 9.17) is 0 Å². The van der Waals surface area contributed by atoms with Gasteiger partial charge in [-0.05, 0) is 58.6 Å². The Hall–Kier alpha value is -2.48. The summed E-state index contributed by atoms with van der Waals surface area (Å²) in [6.45, 7) is 0.543. The Kier molecular flexibility index (Phi) is 4.82. The molecule has 1 saturated heterocycles. The van der Waals surface area contributed by atoms with E-state index in [1.54, 1.807) is 29.4 Å². The summed E-state index contributed by atoms with van der Waals surface area (Å²) in [6.07, 6.45) is 0.407. The quantitative estimate of drug-likeness (QED) is 0.526. The monoisotopic (exact) mass is 449 g/mol. The minimum atomic E-state index is -4.37. The molecule has 144 valence electrons. The Labute approximate surface area is 167 Å². The topological polar surface area (TPSA) is 46.1 Å². The molecular formula is C20H15BrF3N3O. The third kappa shape index (κ3) is 3.48. The van der Waals surface area contributed by atoms with Gasteiger partial charge in [0.15, 0.2) is 0 Å². The molecule has 28 heavy (non-hydrogen) atoms. The van der Waals surface area contributed by atoms with Crippen molar-refractivity contribution in [3.8, 4) is 0 Å². The highest BCUT2D eigenvalue weighted by Gasteiger charge is 2.33. The second-order valence-electron chi connectivity index (χ2n) is 6.67. The fraction of sp³-hybridized carbons (Fsp3) is 0.250. The van der Waals surface area contributed by atoms with Crippen LogP contribution in [0.15, 0.2) is 53.3 Å². The second-order valence-corrected chi connectivity index (χ2v) is 7.52. The molecule has 2 aromatic heterocycles. The second kappa shape index (κ2) is 7.16. The smallest absolute Gasteiger partial charge is 0.330 e. The molecular weight excluding hydrogens is 435 g/mol. The van der Waals surface area contributed by atoms with Crippen molar-refractivity contribution in [2.75, 3.05) is 6.54 Å². The first-order valence-electron chi connectivity index (χ1n) is 8.73. The molecule has 1 atom stereocenters. The van der Waals surface area contributed by atoms with E-state index in [1.165, 1.54) is 12.1 Å². The number of carbonyl (C=O) groups is 1. The zero-order valence-corrected chi connectivity index (χ0v) is 16.2. The summed E-state index contributed by atoms with van der Waals surface area (Å²) in [4.78, 5) is 23.3. The molecule has 4 rings (SSSR count). The van der Waals surface area contributed by atoms with E-state index < -0.39 is 11.7 Å². The zero-order valence-electron chi connectivity index (χ0n) is 14.6. The molecule has 1 aromatic carbocycles. The number of benzene rings is 1. The maximum atomic E-state index is 13.1. The van der Waals surface area contributed by atoms with Crippen LogP contribution in [0.4, 0.5) is 13.2 Å². The van der Waals surface area contributed by atoms with Gasteiger partial charge in [-0.2, -0.15) is 13.2 Å². The molecule has 1 aliphatic heterocycles. The number of carbonyl (C=O) groups excluding carboxylic acids is 1. The van der Waals surface area contributed by atoms with Crippen molar-refractivity contribution in [3.05, 3.63) is 70.1 Å². The largest absolute Gasteiger partial charge is 0.416 e. The van der Waals surface area contributed by atoms with Gasteiger partial charge in [0.1, 0.15) is 5.69 Å². The Balaban J connectivity index is 1.63. The van der Waals surface area contributed by atoms with E-state index in [0.717, 1.165) is 23.9 Å². The molecule has 4 nitrogen and oxygen atoms in total. The molecule has 1 fully saturated rings. The Morgan fingerprint density at radius 2 is 1.86 bits per heavy atom. The standard InChI is InChI=1S/C20H15BrF3N3O/c21-15-11-25-10-13-5-8-16(26-18(13)15)19(28)27-9-1-2-17(27)12-3-6-14(7-4-12)20(22,23)24/h3-8,10-11,17H,1-2,9H2/t17-/m0/s1. The first kappa shape index (κ1) is 18.9. The van der Waals surface area contributed by atoms with Gasteiger partial charge in [0, 0.05) is 24.3 Å². The van der Waals surface area contributed by atoms with Crippen LogP contribution in [0.3, 0.4) is 0 Å². The highest BCUT2D eigenvalue weighted by atomic mass is 79.9. The summed E-state index contributed by atoms with van der Waals surface area (Å²) >= 11 is 3.39. The summed E-state index contributed by atoms with van der Waals surface area (Å²) in [6, 6.07) is 8.22. The van der Waals surface area contributed by atoms with Crippen molar-refractivity contribution in [2.24, 2.45) is 0 Å². The third-order valence-electron chi connectivity index (χ3n) is 4.91. The number of alkyl halides is 3. The predicted octanol–water partition coefficient (Wildman–Crippen LogP) is 5.39. The molecule has 0 radical (unpaired) electrons. The van der Waals surface area contributed by atoms with Gasteiger partial charge >= 0.3 is 6.18 Å². The van der Waals surface area contributed by atoms with Crippen molar-refractivity contribution in [1.82, 2.24) is 14.9 Å². The van der Waals surface area contributed by atoms with Gasteiger partial charge in [-0.1, -0.05) is 12.1 Å². The van der Waals surface area contributed by atoms with E-state index in [9.17, 15) is 18.0 Å².